The largest absolute Gasteiger partial charge is 0.507 e. The molecule has 32 heavy (non-hydrogen) atoms. The summed E-state index contributed by atoms with van der Waals surface area (Å²) in [4.78, 5) is 0. The molecule has 0 saturated carbocycles. The van der Waals surface area contributed by atoms with Gasteiger partial charge in [0.15, 0.2) is 0 Å². The van der Waals surface area contributed by atoms with Crippen LogP contribution in [0.3, 0.4) is 0 Å². The molecule has 0 unspecified atom stereocenters. The summed E-state index contributed by atoms with van der Waals surface area (Å²) in [6.45, 7) is 4.71. The Hall–Kier alpha value is -3.98. The summed E-state index contributed by atoms with van der Waals surface area (Å²) in [6, 6.07) is 30.7. The zero-order chi connectivity index (χ0) is 22.3. The van der Waals surface area contributed by atoms with E-state index in [2.05, 4.69) is 60.0 Å². The van der Waals surface area contributed by atoms with Crippen LogP contribution in [0, 0.1) is 13.8 Å². The van der Waals surface area contributed by atoms with E-state index in [1.807, 2.05) is 67.6 Å². The summed E-state index contributed by atoms with van der Waals surface area (Å²) >= 11 is 0. The lowest BCUT2D eigenvalue weighted by Crippen LogP contribution is -2.00. The molecule has 0 heterocycles. The predicted octanol–water partition coefficient (Wildman–Crippen LogP) is 7.54. The molecular weight excluding hydrogens is 392 g/mol. The lowest BCUT2D eigenvalue weighted by atomic mass is 10.0. The molecular formula is C29H28N2O. The summed E-state index contributed by atoms with van der Waals surface area (Å²) in [5, 5.41) is 17.4. The molecule has 0 bridgehead atoms. The molecule has 0 aliphatic rings. The first kappa shape index (κ1) is 21.3. The second-order valence-corrected chi connectivity index (χ2v) is 7.96. The molecule has 3 nitrogen and oxygen atoms in total. The Morgan fingerprint density at radius 2 is 1.28 bits per heavy atom. The van der Waals surface area contributed by atoms with Crippen molar-refractivity contribution in [3.63, 3.8) is 0 Å². The van der Waals surface area contributed by atoms with E-state index in [-0.39, 0.29) is 0 Å². The normalized spacial score (nSPS) is 10.9. The van der Waals surface area contributed by atoms with E-state index in [4.69, 9.17) is 0 Å². The fraction of sp³-hybridized carbons (Fsp3) is 0.103. The molecule has 4 rings (SSSR count). The van der Waals surface area contributed by atoms with Gasteiger partial charge in [0.1, 0.15) is 5.75 Å². The number of phenolic OH excluding ortho intramolecular Hbond substituents is 1. The van der Waals surface area contributed by atoms with Crippen molar-refractivity contribution < 1.29 is 5.11 Å². The number of rotatable bonds is 7. The number of aryl methyl sites for hydroxylation is 2. The predicted molar refractivity (Wildman–Crippen MR) is 136 cm³/mol. The zero-order valence-corrected chi connectivity index (χ0v) is 18.5. The molecule has 0 amide bonds. The number of phenols is 1. The summed E-state index contributed by atoms with van der Waals surface area (Å²) in [6.07, 6.45) is 4.04. The Labute approximate surface area is 190 Å². The van der Waals surface area contributed by atoms with Gasteiger partial charge < -0.3 is 15.7 Å². The van der Waals surface area contributed by atoms with Crippen molar-refractivity contribution in [1.29, 1.82) is 0 Å². The van der Waals surface area contributed by atoms with E-state index in [0.29, 0.717) is 12.3 Å². The molecule has 4 aromatic rings. The highest BCUT2D eigenvalue weighted by atomic mass is 16.3. The van der Waals surface area contributed by atoms with Crippen LogP contribution >= 0.6 is 0 Å². The van der Waals surface area contributed by atoms with Crippen LogP contribution in [0.15, 0.2) is 91.0 Å². The van der Waals surface area contributed by atoms with Gasteiger partial charge in [0, 0.05) is 29.2 Å². The molecule has 3 heteroatoms. The van der Waals surface area contributed by atoms with Crippen LogP contribution in [0.1, 0.15) is 27.8 Å². The quantitative estimate of drug-likeness (QED) is 0.271. The molecule has 0 aliphatic carbocycles. The Bertz CT molecular complexity index is 1210. The molecule has 4 aromatic carbocycles. The van der Waals surface area contributed by atoms with E-state index in [0.717, 1.165) is 39.3 Å². The minimum absolute atomic E-state index is 0.329. The fourth-order valence-corrected chi connectivity index (χ4v) is 3.63. The van der Waals surface area contributed by atoms with E-state index in [9.17, 15) is 5.11 Å². The van der Waals surface area contributed by atoms with Crippen LogP contribution in [0.25, 0.3) is 12.2 Å². The third kappa shape index (κ3) is 5.38. The molecule has 0 saturated heterocycles. The van der Waals surface area contributed by atoms with Gasteiger partial charge >= 0.3 is 0 Å². The number of aromatic hydroxyl groups is 1. The first-order valence-electron chi connectivity index (χ1n) is 10.8. The number of nitrogens with one attached hydrogen (secondary N) is 2. The topological polar surface area (TPSA) is 44.3 Å². The highest BCUT2D eigenvalue weighted by Gasteiger charge is 2.06. The van der Waals surface area contributed by atoms with E-state index < -0.39 is 0 Å². The number of benzene rings is 4. The lowest BCUT2D eigenvalue weighted by molar-refractivity contribution is 0.469. The number of anilines is 3. The second kappa shape index (κ2) is 9.88. The maximum Gasteiger partial charge on any atom is 0.125 e. The Balaban J connectivity index is 1.43. The van der Waals surface area contributed by atoms with Gasteiger partial charge in [-0.25, -0.2) is 0 Å². The number of hydrogen-bond donors (Lipinski definition) is 3. The van der Waals surface area contributed by atoms with Gasteiger partial charge in [-0.3, -0.25) is 0 Å². The molecule has 0 atom stereocenters. The van der Waals surface area contributed by atoms with Crippen LogP contribution in [-0.2, 0) is 6.54 Å². The summed E-state index contributed by atoms with van der Waals surface area (Å²) < 4.78 is 0. The molecule has 160 valence electrons. The highest BCUT2D eigenvalue weighted by molar-refractivity contribution is 5.74. The lowest BCUT2D eigenvalue weighted by Gasteiger charge is -2.12. The fourth-order valence-electron chi connectivity index (χ4n) is 3.63. The van der Waals surface area contributed by atoms with Gasteiger partial charge in [-0.1, -0.05) is 60.7 Å². The van der Waals surface area contributed by atoms with Crippen molar-refractivity contribution in [2.24, 2.45) is 0 Å². The zero-order valence-electron chi connectivity index (χ0n) is 18.5. The number of para-hydroxylation sites is 1. The van der Waals surface area contributed by atoms with Crippen molar-refractivity contribution in [1.82, 2.24) is 0 Å². The molecule has 0 aliphatic heterocycles. The highest BCUT2D eigenvalue weighted by Crippen LogP contribution is 2.27. The van der Waals surface area contributed by atoms with Crippen molar-refractivity contribution in [3.05, 3.63) is 119 Å². The minimum Gasteiger partial charge on any atom is -0.507 e. The first-order chi connectivity index (χ1) is 15.6. The summed E-state index contributed by atoms with van der Waals surface area (Å²) in [5.41, 5.74) is 8.34. The van der Waals surface area contributed by atoms with Gasteiger partial charge in [-0.15, -0.1) is 0 Å². The van der Waals surface area contributed by atoms with Crippen LogP contribution in [0.2, 0.25) is 0 Å². The van der Waals surface area contributed by atoms with Crippen molar-refractivity contribution in [2.45, 2.75) is 20.4 Å². The van der Waals surface area contributed by atoms with Crippen LogP contribution in [0.4, 0.5) is 17.1 Å². The molecule has 3 N–H and O–H groups in total. The smallest absolute Gasteiger partial charge is 0.125 e. The molecule has 0 radical (unpaired) electrons. The second-order valence-electron chi connectivity index (χ2n) is 7.96. The summed E-state index contributed by atoms with van der Waals surface area (Å²) in [5.74, 6) is 0.329. The maximum absolute atomic E-state index is 10.5. The Morgan fingerprint density at radius 3 is 2.03 bits per heavy atom. The summed E-state index contributed by atoms with van der Waals surface area (Å²) in [7, 11) is 0. The average Bonchev–Trinajstić information content (AvgIpc) is 2.81. The third-order valence-electron chi connectivity index (χ3n) is 5.46. The van der Waals surface area contributed by atoms with Crippen LogP contribution < -0.4 is 10.6 Å². The van der Waals surface area contributed by atoms with Gasteiger partial charge in [-0.2, -0.15) is 0 Å². The minimum atomic E-state index is 0.329. The SMILES string of the molecule is Cc1ccccc1/C=C/c1cc(CNc2ccc(Nc3ccccc3)cc2)cc(C)c1O. The van der Waals surface area contributed by atoms with Crippen molar-refractivity contribution in [3.8, 4) is 5.75 Å². The standard InChI is InChI=1S/C29H28N2O/c1-21-8-6-7-9-24(21)12-13-25-19-23(18-22(2)29(25)32)20-30-26-14-16-28(17-15-26)31-27-10-4-3-5-11-27/h3-19,30-32H,20H2,1-2H3/b13-12+. The van der Waals surface area contributed by atoms with Crippen molar-refractivity contribution >= 4 is 29.2 Å². The van der Waals surface area contributed by atoms with Gasteiger partial charge in [-0.05, 0) is 78.6 Å². The molecule has 0 aromatic heterocycles. The first-order valence-corrected chi connectivity index (χ1v) is 10.8. The van der Waals surface area contributed by atoms with E-state index in [1.54, 1.807) is 0 Å². The average molecular weight is 421 g/mol. The monoisotopic (exact) mass is 420 g/mol. The number of hydrogen-bond acceptors (Lipinski definition) is 3. The third-order valence-corrected chi connectivity index (χ3v) is 5.46. The Kier molecular flexibility index (Phi) is 6.57. The molecule has 0 fully saturated rings. The van der Waals surface area contributed by atoms with E-state index >= 15 is 0 Å². The van der Waals surface area contributed by atoms with Gasteiger partial charge in [0.05, 0.1) is 0 Å². The maximum atomic E-state index is 10.5. The van der Waals surface area contributed by atoms with Crippen LogP contribution in [0.5, 0.6) is 5.75 Å². The van der Waals surface area contributed by atoms with E-state index in [1.165, 1.54) is 5.56 Å². The van der Waals surface area contributed by atoms with Crippen LogP contribution in [-0.4, -0.2) is 5.11 Å². The van der Waals surface area contributed by atoms with Gasteiger partial charge in [0.25, 0.3) is 0 Å². The van der Waals surface area contributed by atoms with Gasteiger partial charge in [0.2, 0.25) is 0 Å². The molecule has 0 spiro atoms. The Morgan fingerprint density at radius 1 is 0.656 bits per heavy atom. The van der Waals surface area contributed by atoms with Crippen molar-refractivity contribution in [2.75, 3.05) is 10.6 Å².